The van der Waals surface area contributed by atoms with Crippen LogP contribution >= 0.6 is 12.4 Å². The molecule has 1 aliphatic rings. The first kappa shape index (κ1) is 11.2. The minimum absolute atomic E-state index is 0. The first-order valence-corrected chi connectivity index (χ1v) is 4.95. The van der Waals surface area contributed by atoms with E-state index in [-0.39, 0.29) is 17.9 Å². The lowest BCUT2D eigenvalue weighted by atomic mass is 9.77. The van der Waals surface area contributed by atoms with E-state index in [1.54, 1.807) is 18.4 Å². The number of hydrogen-bond acceptors (Lipinski definition) is 5. The van der Waals surface area contributed by atoms with Crippen molar-refractivity contribution in [3.63, 3.8) is 0 Å². The second kappa shape index (κ2) is 3.92. The van der Waals surface area contributed by atoms with Crippen LogP contribution in [-0.4, -0.2) is 10.1 Å². The highest BCUT2D eigenvalue weighted by Gasteiger charge is 2.39. The normalized spacial score (nSPS) is 17.6. The van der Waals surface area contributed by atoms with Gasteiger partial charge in [0.25, 0.3) is 5.89 Å². The van der Waals surface area contributed by atoms with E-state index in [1.165, 1.54) is 0 Å². The fourth-order valence-electron chi connectivity index (χ4n) is 1.71. The average Bonchev–Trinajstić information content (AvgIpc) is 2.84. The maximum atomic E-state index is 6.08. The summed E-state index contributed by atoms with van der Waals surface area (Å²) in [6.07, 6.45) is 4.54. The third-order valence-corrected chi connectivity index (χ3v) is 2.85. The zero-order chi connectivity index (χ0) is 10.3. The molecule has 1 saturated carbocycles. The van der Waals surface area contributed by atoms with Crippen molar-refractivity contribution in [3.8, 4) is 11.7 Å². The van der Waals surface area contributed by atoms with Crippen molar-refractivity contribution in [3.05, 3.63) is 24.2 Å². The summed E-state index contributed by atoms with van der Waals surface area (Å²) >= 11 is 0. The van der Waals surface area contributed by atoms with Gasteiger partial charge in [-0.1, -0.05) is 5.16 Å². The van der Waals surface area contributed by atoms with Gasteiger partial charge in [0.15, 0.2) is 11.6 Å². The molecule has 3 rings (SSSR count). The molecular formula is C10H12ClN3O2. The van der Waals surface area contributed by atoms with Gasteiger partial charge in [0, 0.05) is 0 Å². The predicted octanol–water partition coefficient (Wildman–Crippen LogP) is 2.09. The Morgan fingerprint density at radius 1 is 1.38 bits per heavy atom. The molecule has 0 saturated heterocycles. The van der Waals surface area contributed by atoms with Crippen LogP contribution in [0.5, 0.6) is 0 Å². The van der Waals surface area contributed by atoms with Crippen molar-refractivity contribution in [2.45, 2.75) is 24.8 Å². The number of furan rings is 1. The molecule has 16 heavy (non-hydrogen) atoms. The van der Waals surface area contributed by atoms with Crippen LogP contribution in [0.2, 0.25) is 0 Å². The molecule has 0 spiro atoms. The van der Waals surface area contributed by atoms with Crippen LogP contribution in [-0.2, 0) is 5.54 Å². The number of aromatic nitrogens is 2. The van der Waals surface area contributed by atoms with Crippen LogP contribution in [0.4, 0.5) is 0 Å². The van der Waals surface area contributed by atoms with E-state index in [1.807, 2.05) is 0 Å². The molecule has 1 fully saturated rings. The summed E-state index contributed by atoms with van der Waals surface area (Å²) in [5, 5.41) is 3.89. The number of hydrogen-bond donors (Lipinski definition) is 1. The Morgan fingerprint density at radius 3 is 2.75 bits per heavy atom. The van der Waals surface area contributed by atoms with Gasteiger partial charge in [0.1, 0.15) is 0 Å². The highest BCUT2D eigenvalue weighted by Crippen LogP contribution is 2.37. The van der Waals surface area contributed by atoms with Gasteiger partial charge in [-0.2, -0.15) is 4.98 Å². The monoisotopic (exact) mass is 241 g/mol. The maximum Gasteiger partial charge on any atom is 0.293 e. The molecular weight excluding hydrogens is 230 g/mol. The summed E-state index contributed by atoms with van der Waals surface area (Å²) < 4.78 is 10.3. The Kier molecular flexibility index (Phi) is 2.73. The molecule has 0 unspecified atom stereocenters. The fourth-order valence-corrected chi connectivity index (χ4v) is 1.71. The van der Waals surface area contributed by atoms with E-state index in [0.29, 0.717) is 17.5 Å². The molecule has 6 heteroatoms. The smallest absolute Gasteiger partial charge is 0.293 e. The first-order valence-electron chi connectivity index (χ1n) is 4.95. The third-order valence-electron chi connectivity index (χ3n) is 2.85. The lowest BCUT2D eigenvalue weighted by Crippen LogP contribution is -2.44. The quantitative estimate of drug-likeness (QED) is 0.871. The summed E-state index contributed by atoms with van der Waals surface area (Å²) in [7, 11) is 0. The topological polar surface area (TPSA) is 78.1 Å². The lowest BCUT2D eigenvalue weighted by Gasteiger charge is -2.34. The Balaban J connectivity index is 0.000000963. The number of rotatable bonds is 2. The van der Waals surface area contributed by atoms with Crippen LogP contribution in [0.25, 0.3) is 11.7 Å². The summed E-state index contributed by atoms with van der Waals surface area (Å²) in [5.74, 6) is 1.56. The summed E-state index contributed by atoms with van der Waals surface area (Å²) in [6.45, 7) is 0. The zero-order valence-corrected chi connectivity index (χ0v) is 9.37. The third kappa shape index (κ3) is 1.62. The first-order chi connectivity index (χ1) is 7.28. The van der Waals surface area contributed by atoms with Gasteiger partial charge in [0.05, 0.1) is 11.8 Å². The van der Waals surface area contributed by atoms with E-state index in [0.717, 1.165) is 19.3 Å². The second-order valence-corrected chi connectivity index (χ2v) is 3.91. The zero-order valence-electron chi connectivity index (χ0n) is 8.55. The van der Waals surface area contributed by atoms with Gasteiger partial charge < -0.3 is 14.7 Å². The molecule has 2 N–H and O–H groups in total. The van der Waals surface area contributed by atoms with Crippen molar-refractivity contribution in [1.29, 1.82) is 0 Å². The summed E-state index contributed by atoms with van der Waals surface area (Å²) in [4.78, 5) is 4.25. The van der Waals surface area contributed by atoms with Crippen LogP contribution < -0.4 is 5.73 Å². The van der Waals surface area contributed by atoms with Crippen molar-refractivity contribution in [1.82, 2.24) is 10.1 Å². The Bertz CT molecular complexity index is 462. The van der Waals surface area contributed by atoms with Crippen molar-refractivity contribution in [2.24, 2.45) is 5.73 Å². The summed E-state index contributed by atoms with van der Waals surface area (Å²) in [5.41, 5.74) is 5.69. The van der Waals surface area contributed by atoms with E-state index in [9.17, 15) is 0 Å². The number of nitrogens with zero attached hydrogens (tertiary/aromatic N) is 2. The Morgan fingerprint density at radius 2 is 2.19 bits per heavy atom. The van der Waals surface area contributed by atoms with Gasteiger partial charge in [0.2, 0.25) is 0 Å². The van der Waals surface area contributed by atoms with Gasteiger partial charge in [-0.15, -0.1) is 12.4 Å². The molecule has 0 aromatic carbocycles. The van der Waals surface area contributed by atoms with E-state index < -0.39 is 0 Å². The molecule has 0 radical (unpaired) electrons. The average molecular weight is 242 g/mol. The Labute approximate surface area is 98.4 Å². The molecule has 2 aromatic rings. The van der Waals surface area contributed by atoms with Crippen LogP contribution in [0.15, 0.2) is 27.3 Å². The highest BCUT2D eigenvalue weighted by atomic mass is 35.5. The minimum atomic E-state index is -0.381. The SMILES string of the molecule is Cl.NC1(c2noc(-c3ccco3)n2)CCC1. The molecule has 2 aromatic heterocycles. The van der Waals surface area contributed by atoms with Crippen LogP contribution in [0.1, 0.15) is 25.1 Å². The fraction of sp³-hybridized carbons (Fsp3) is 0.400. The molecule has 0 bridgehead atoms. The Hall–Kier alpha value is -1.33. The van der Waals surface area contributed by atoms with Gasteiger partial charge in [-0.05, 0) is 31.4 Å². The lowest BCUT2D eigenvalue weighted by molar-refractivity contribution is 0.229. The second-order valence-electron chi connectivity index (χ2n) is 3.91. The van der Waals surface area contributed by atoms with Crippen LogP contribution in [0.3, 0.4) is 0 Å². The minimum Gasteiger partial charge on any atom is -0.459 e. The van der Waals surface area contributed by atoms with E-state index in [2.05, 4.69) is 10.1 Å². The molecule has 86 valence electrons. The van der Waals surface area contributed by atoms with E-state index in [4.69, 9.17) is 14.7 Å². The van der Waals surface area contributed by atoms with Gasteiger partial charge >= 0.3 is 0 Å². The highest BCUT2D eigenvalue weighted by molar-refractivity contribution is 5.85. The number of nitrogens with two attached hydrogens (primary N) is 1. The number of halogens is 1. The van der Waals surface area contributed by atoms with Gasteiger partial charge in [-0.25, -0.2) is 0 Å². The molecule has 2 heterocycles. The van der Waals surface area contributed by atoms with Crippen molar-refractivity contribution >= 4 is 12.4 Å². The largest absolute Gasteiger partial charge is 0.459 e. The summed E-state index contributed by atoms with van der Waals surface area (Å²) in [6, 6.07) is 3.56. The maximum absolute atomic E-state index is 6.08. The standard InChI is InChI=1S/C10H11N3O2.ClH/c11-10(4-2-5-10)9-12-8(15-13-9)7-3-1-6-14-7;/h1,3,6H,2,4-5,11H2;1H. The van der Waals surface area contributed by atoms with Crippen LogP contribution in [0, 0.1) is 0 Å². The molecule has 0 atom stereocenters. The molecule has 0 aliphatic heterocycles. The van der Waals surface area contributed by atoms with Gasteiger partial charge in [-0.3, -0.25) is 0 Å². The van der Waals surface area contributed by atoms with E-state index >= 15 is 0 Å². The molecule has 5 nitrogen and oxygen atoms in total. The molecule has 1 aliphatic carbocycles. The molecule has 0 amide bonds. The van der Waals surface area contributed by atoms with Crippen molar-refractivity contribution in [2.75, 3.05) is 0 Å². The van der Waals surface area contributed by atoms with Crippen molar-refractivity contribution < 1.29 is 8.94 Å². The predicted molar refractivity (Wildman–Crippen MR) is 59.0 cm³/mol.